The van der Waals surface area contributed by atoms with E-state index in [9.17, 15) is 25.2 Å². The van der Waals surface area contributed by atoms with Gasteiger partial charge in [-0.25, -0.2) is 4.98 Å². The summed E-state index contributed by atoms with van der Waals surface area (Å²) in [5, 5.41) is 0. The molecule has 52 heavy (non-hydrogen) atoms. The maximum atomic E-state index is 9.87. The Hall–Kier alpha value is -3.85. The number of hydrogen-bond acceptors (Lipinski definition) is 3. The summed E-state index contributed by atoms with van der Waals surface area (Å²) in [6, 6.07) is 30.8. The van der Waals surface area contributed by atoms with Crippen LogP contribution in [0.1, 0.15) is 84.6 Å². The number of benzene rings is 2. The Labute approximate surface area is 318 Å². The van der Waals surface area contributed by atoms with Crippen molar-refractivity contribution >= 4 is 7.81 Å². The van der Waals surface area contributed by atoms with E-state index in [0.717, 1.165) is 28.3 Å². The summed E-state index contributed by atoms with van der Waals surface area (Å²) in [5.74, 6) is 2.36. The average Bonchev–Trinajstić information content (AvgIpc) is 3.03. The number of rotatable bonds is 3. The molecule has 0 N–H and O–H groups in total. The van der Waals surface area contributed by atoms with E-state index in [4.69, 9.17) is 11.4 Å². The molecule has 5 rings (SSSR count). The predicted octanol–water partition coefficient (Wildman–Crippen LogP) is 13.8. The Morgan fingerprint density at radius 2 is 0.846 bits per heavy atom. The van der Waals surface area contributed by atoms with Crippen molar-refractivity contribution in [2.75, 3.05) is 0 Å². The molecule has 0 atom stereocenters. The zero-order valence-corrected chi connectivity index (χ0v) is 33.9. The van der Waals surface area contributed by atoms with Gasteiger partial charge >= 0.3 is 54.1 Å². The molecule has 0 aliphatic carbocycles. The van der Waals surface area contributed by atoms with Gasteiger partial charge in [0.2, 0.25) is 0 Å². The third kappa shape index (κ3) is 15.4. The Morgan fingerprint density at radius 3 is 1.19 bits per heavy atom. The van der Waals surface area contributed by atoms with Crippen LogP contribution < -0.4 is 0 Å². The molecule has 0 saturated heterocycles. The first kappa shape index (κ1) is 44.3. The minimum Gasteiger partial charge on any atom is -0.366 e. The first-order valence-corrected chi connectivity index (χ1v) is 18.2. The average molecular weight is 919 g/mol. The van der Waals surface area contributed by atoms with E-state index in [1.807, 2.05) is 54.9 Å². The summed E-state index contributed by atoms with van der Waals surface area (Å²) < 4.78 is 59.2. The van der Waals surface area contributed by atoms with Crippen LogP contribution in [-0.2, 0) is 37.3 Å². The molecule has 0 fully saturated rings. The Morgan fingerprint density at radius 1 is 0.500 bits per heavy atom. The molecule has 0 unspecified atom stereocenters. The van der Waals surface area contributed by atoms with Crippen LogP contribution in [0, 0.1) is 12.3 Å². The molecule has 0 radical (unpaired) electrons. The van der Waals surface area contributed by atoms with Crippen LogP contribution in [-0.4, -0.2) is 15.0 Å². The van der Waals surface area contributed by atoms with Gasteiger partial charge < -0.3 is 6.42 Å². The Kier molecular flexibility index (Phi) is 13.3. The van der Waals surface area contributed by atoms with E-state index in [2.05, 4.69) is 127 Å². The molecule has 2 aromatic carbocycles. The van der Waals surface area contributed by atoms with E-state index in [1.165, 1.54) is 27.8 Å². The van der Waals surface area contributed by atoms with Crippen LogP contribution in [0.4, 0.5) is 25.2 Å². The van der Waals surface area contributed by atoms with Crippen molar-refractivity contribution in [2.24, 2.45) is 0 Å². The minimum absolute atomic E-state index is 0. The Balaban J connectivity index is 0.000000350. The first-order chi connectivity index (χ1) is 23.1. The van der Waals surface area contributed by atoms with Crippen LogP contribution in [0.2, 0.25) is 0 Å². The van der Waals surface area contributed by atoms with Crippen LogP contribution in [0.5, 0.6) is 0 Å². The first-order valence-electron chi connectivity index (χ1n) is 16.2. The van der Waals surface area contributed by atoms with Crippen molar-refractivity contribution in [1.29, 1.82) is 0 Å². The molecular weight excluding hydrogens is 875 g/mol. The van der Waals surface area contributed by atoms with Crippen LogP contribution in [0.15, 0.2) is 103 Å². The largest absolute Gasteiger partial charge is 2.00 e. The van der Waals surface area contributed by atoms with Gasteiger partial charge in [0, 0.05) is 12.4 Å². The maximum Gasteiger partial charge on any atom is 2.00 e. The van der Waals surface area contributed by atoms with Gasteiger partial charge in [-0.15, -0.1) is 17.7 Å². The van der Waals surface area contributed by atoms with E-state index in [1.54, 1.807) is 0 Å². The number of aromatic nitrogens is 3. The summed E-state index contributed by atoms with van der Waals surface area (Å²) in [6.07, 6.45) is 10.7. The SMILES string of the molecule is CC(C)(C)c1ccnc(-c2cc(C(C)(C)C)cc(-c3cc(C(C)(C)C)ccn3)n2)c1.F[P-](F)(F)(F)(F)F.[C-]#Cc1ccc(-c2ccccc2)cc1.[Pt+2]. The van der Waals surface area contributed by atoms with E-state index >= 15 is 0 Å². The second-order valence-electron chi connectivity index (χ2n) is 15.3. The zero-order valence-electron chi connectivity index (χ0n) is 30.7. The molecule has 0 saturated carbocycles. The molecule has 0 spiro atoms. The molecule has 0 aliphatic heterocycles. The normalized spacial score (nSPS) is 13.0. The maximum absolute atomic E-state index is 10.7. The van der Waals surface area contributed by atoms with Crippen LogP contribution in [0.25, 0.3) is 33.9 Å². The summed E-state index contributed by atoms with van der Waals surface area (Å²) in [7, 11) is -10.7. The van der Waals surface area contributed by atoms with Crippen molar-refractivity contribution < 1.29 is 46.2 Å². The number of hydrogen-bond donors (Lipinski definition) is 0. The van der Waals surface area contributed by atoms with Gasteiger partial charge in [-0.2, -0.15) is 0 Å². The van der Waals surface area contributed by atoms with E-state index in [0.29, 0.717) is 0 Å². The summed E-state index contributed by atoms with van der Waals surface area (Å²) in [6.45, 7) is 20.0. The molecule has 3 nitrogen and oxygen atoms in total. The van der Waals surface area contributed by atoms with Crippen molar-refractivity contribution in [2.45, 2.75) is 78.6 Å². The van der Waals surface area contributed by atoms with Crippen molar-refractivity contribution in [3.63, 3.8) is 0 Å². The molecule has 280 valence electrons. The fourth-order valence-electron chi connectivity index (χ4n) is 4.68. The second kappa shape index (κ2) is 15.6. The van der Waals surface area contributed by atoms with Gasteiger partial charge in [-0.3, -0.25) is 15.9 Å². The van der Waals surface area contributed by atoms with E-state index in [-0.39, 0.29) is 37.3 Å². The van der Waals surface area contributed by atoms with Crippen LogP contribution >= 0.6 is 7.81 Å². The van der Waals surface area contributed by atoms with Crippen molar-refractivity contribution in [3.8, 4) is 39.8 Å². The van der Waals surface area contributed by atoms with Gasteiger partial charge in [-0.1, -0.05) is 105 Å². The smallest absolute Gasteiger partial charge is 0.366 e. The van der Waals surface area contributed by atoms with Gasteiger partial charge in [-0.05, 0) is 80.5 Å². The molecule has 0 aliphatic rings. The van der Waals surface area contributed by atoms with E-state index < -0.39 is 7.81 Å². The molecule has 5 aromatic rings. The topological polar surface area (TPSA) is 38.7 Å². The molecule has 0 bridgehead atoms. The summed E-state index contributed by atoms with van der Waals surface area (Å²) >= 11 is 0. The van der Waals surface area contributed by atoms with Crippen molar-refractivity contribution in [1.82, 2.24) is 15.0 Å². The summed E-state index contributed by atoms with van der Waals surface area (Å²) in [4.78, 5) is 14.3. The standard InChI is InChI=1S/C27H35N3.C14H9.F6P.Pt/c1-25(2,3)18-10-12-28-21(14-18)23-16-20(27(7,8)9)17-24(30-23)22-15-19(11-13-29-22)26(4,5)6;1-2-12-8-10-14(11-9-12)13-6-4-3-5-7-13;1-7(2,3,4,5)6;/h10-17H,1-9H3;3-11H;;/q;2*-1;+2. The van der Waals surface area contributed by atoms with Gasteiger partial charge in [0.25, 0.3) is 0 Å². The molecule has 0 amide bonds. The summed E-state index contributed by atoms with van der Waals surface area (Å²) in [5.41, 5.74) is 10.6. The number of halogens is 6. The molecule has 11 heteroatoms. The third-order valence-corrected chi connectivity index (χ3v) is 7.60. The third-order valence-electron chi connectivity index (χ3n) is 7.60. The zero-order chi connectivity index (χ0) is 38.5. The molecule has 3 aromatic heterocycles. The fourth-order valence-corrected chi connectivity index (χ4v) is 4.68. The van der Waals surface area contributed by atoms with Gasteiger partial charge in [0.1, 0.15) is 0 Å². The number of pyridine rings is 3. The fraction of sp³-hybridized carbons (Fsp3) is 0.293. The van der Waals surface area contributed by atoms with Crippen molar-refractivity contribution in [3.05, 3.63) is 132 Å². The Bertz CT molecular complexity index is 1900. The monoisotopic (exact) mass is 918 g/mol. The minimum atomic E-state index is -10.7. The predicted molar refractivity (Wildman–Crippen MR) is 198 cm³/mol. The van der Waals surface area contributed by atoms with Gasteiger partial charge in [0.05, 0.1) is 22.8 Å². The molecule has 3 heterocycles. The number of nitrogens with zero attached hydrogens (tertiary/aromatic N) is 3. The second-order valence-corrected chi connectivity index (χ2v) is 17.2. The quantitative estimate of drug-likeness (QED) is 0.0783. The van der Waals surface area contributed by atoms with Gasteiger partial charge in [0.15, 0.2) is 0 Å². The van der Waals surface area contributed by atoms with Crippen LogP contribution in [0.3, 0.4) is 0 Å². The molecular formula is C41H44F6N3PPt.